The first-order chi connectivity index (χ1) is 14.0. The van der Waals surface area contributed by atoms with Crippen LogP contribution in [-0.2, 0) is 0 Å². The second-order valence-electron chi connectivity index (χ2n) is 6.54. The number of methoxy groups -OCH3 is 2. The topological polar surface area (TPSA) is 94.0 Å². The van der Waals surface area contributed by atoms with Crippen molar-refractivity contribution >= 4 is 23.0 Å². The first kappa shape index (κ1) is 20.2. The van der Waals surface area contributed by atoms with Crippen LogP contribution in [0.25, 0.3) is 5.52 Å². The number of benzene rings is 1. The predicted molar refractivity (Wildman–Crippen MR) is 110 cm³/mol. The minimum atomic E-state index is -0.472. The second kappa shape index (κ2) is 8.64. The van der Waals surface area contributed by atoms with E-state index in [1.165, 1.54) is 14.2 Å². The van der Waals surface area contributed by atoms with Crippen LogP contribution in [0, 0.1) is 0 Å². The first-order valence-electron chi connectivity index (χ1n) is 9.29. The molecule has 152 valence electrons. The minimum Gasteiger partial charge on any atom is -0.497 e. The lowest BCUT2D eigenvalue weighted by Crippen LogP contribution is -2.32. The third-order valence-corrected chi connectivity index (χ3v) is 4.61. The molecule has 0 aliphatic heterocycles. The molecule has 2 N–H and O–H groups in total. The van der Waals surface area contributed by atoms with Crippen molar-refractivity contribution in [2.24, 2.45) is 0 Å². The van der Waals surface area contributed by atoms with E-state index in [1.54, 1.807) is 47.0 Å². The largest absolute Gasteiger partial charge is 0.497 e. The molecule has 3 aromatic rings. The zero-order valence-electron chi connectivity index (χ0n) is 16.9. The summed E-state index contributed by atoms with van der Waals surface area (Å²) in [6.45, 7) is 3.90. The van der Waals surface area contributed by atoms with Crippen molar-refractivity contribution in [1.82, 2.24) is 14.7 Å². The number of hydrogen-bond donors (Lipinski definition) is 2. The summed E-state index contributed by atoms with van der Waals surface area (Å²) in [5.41, 5.74) is 1.19. The van der Waals surface area contributed by atoms with Gasteiger partial charge in [0, 0.05) is 18.3 Å². The van der Waals surface area contributed by atoms with Gasteiger partial charge in [-0.3, -0.25) is 14.0 Å². The van der Waals surface area contributed by atoms with Crippen molar-refractivity contribution in [3.8, 4) is 11.5 Å². The van der Waals surface area contributed by atoms with Gasteiger partial charge < -0.3 is 20.1 Å². The summed E-state index contributed by atoms with van der Waals surface area (Å²) < 4.78 is 12.1. The molecular weight excluding hydrogens is 372 g/mol. The zero-order valence-corrected chi connectivity index (χ0v) is 16.9. The lowest BCUT2D eigenvalue weighted by Gasteiger charge is -2.11. The Kier molecular flexibility index (Phi) is 6.01. The molecule has 3 rings (SSSR count). The molecular formula is C21H24N4O4. The maximum atomic E-state index is 13.0. The molecule has 0 saturated carbocycles. The molecule has 29 heavy (non-hydrogen) atoms. The Hall–Kier alpha value is -3.55. The van der Waals surface area contributed by atoms with Gasteiger partial charge in [0.15, 0.2) is 5.69 Å². The molecule has 2 amide bonds. The molecule has 2 aromatic heterocycles. The van der Waals surface area contributed by atoms with Gasteiger partial charge in [-0.25, -0.2) is 4.98 Å². The van der Waals surface area contributed by atoms with E-state index in [0.29, 0.717) is 22.7 Å². The van der Waals surface area contributed by atoms with E-state index in [9.17, 15) is 9.59 Å². The van der Waals surface area contributed by atoms with E-state index in [4.69, 9.17) is 9.47 Å². The van der Waals surface area contributed by atoms with E-state index < -0.39 is 5.91 Å². The lowest BCUT2D eigenvalue weighted by atomic mass is 10.2. The monoisotopic (exact) mass is 396 g/mol. The molecule has 0 aliphatic rings. The molecule has 0 saturated heterocycles. The fourth-order valence-corrected chi connectivity index (χ4v) is 2.85. The number of rotatable bonds is 7. The molecule has 8 heteroatoms. The fraction of sp³-hybridized carbons (Fsp3) is 0.286. The molecule has 0 bridgehead atoms. The number of hydrogen-bond acceptors (Lipinski definition) is 5. The number of pyridine rings is 1. The molecule has 0 fully saturated rings. The third-order valence-electron chi connectivity index (χ3n) is 4.61. The van der Waals surface area contributed by atoms with Crippen LogP contribution < -0.4 is 20.1 Å². The maximum absolute atomic E-state index is 13.0. The lowest BCUT2D eigenvalue weighted by molar-refractivity contribution is 0.0936. The van der Waals surface area contributed by atoms with Crippen molar-refractivity contribution in [1.29, 1.82) is 0 Å². The normalized spacial score (nSPS) is 11.7. The Balaban J connectivity index is 1.98. The van der Waals surface area contributed by atoms with E-state index in [2.05, 4.69) is 15.6 Å². The predicted octanol–water partition coefficient (Wildman–Crippen LogP) is 3.13. The van der Waals surface area contributed by atoms with Crippen LogP contribution in [0.15, 0.2) is 42.6 Å². The fourth-order valence-electron chi connectivity index (χ4n) is 2.85. The van der Waals surface area contributed by atoms with Gasteiger partial charge in [0.1, 0.15) is 11.5 Å². The van der Waals surface area contributed by atoms with Gasteiger partial charge in [-0.1, -0.05) is 13.0 Å². The number of nitrogens with zero attached hydrogens (tertiary/aromatic N) is 2. The number of carbonyl (C=O) groups is 2. The van der Waals surface area contributed by atoms with Crippen LogP contribution in [0.4, 0.5) is 5.69 Å². The van der Waals surface area contributed by atoms with Crippen molar-refractivity contribution in [2.75, 3.05) is 19.5 Å². The molecule has 0 spiro atoms. The standard InChI is InChI=1S/C21H24N4O4/c1-5-13(2)22-20(26)18-16-8-6-7-11-25(16)19(24-18)21(27)23-15-12-14(28-3)9-10-17(15)29-4/h6-13H,5H2,1-4H3,(H,22,26)(H,23,27). The van der Waals surface area contributed by atoms with Gasteiger partial charge in [0.2, 0.25) is 5.82 Å². The number of anilines is 1. The molecule has 0 radical (unpaired) electrons. The Labute approximate surface area is 168 Å². The maximum Gasteiger partial charge on any atom is 0.292 e. The van der Waals surface area contributed by atoms with Crippen LogP contribution in [0.1, 0.15) is 41.4 Å². The zero-order chi connectivity index (χ0) is 21.0. The van der Waals surface area contributed by atoms with Gasteiger partial charge in [-0.05, 0) is 37.6 Å². The summed E-state index contributed by atoms with van der Waals surface area (Å²) in [6, 6.07) is 10.4. The van der Waals surface area contributed by atoms with E-state index in [1.807, 2.05) is 13.8 Å². The Morgan fingerprint density at radius 1 is 1.14 bits per heavy atom. The van der Waals surface area contributed by atoms with Gasteiger partial charge >= 0.3 is 0 Å². The molecule has 2 heterocycles. The Bertz CT molecular complexity index is 1040. The summed E-state index contributed by atoms with van der Waals surface area (Å²) in [5, 5.41) is 5.68. The summed E-state index contributed by atoms with van der Waals surface area (Å²) >= 11 is 0. The highest BCUT2D eigenvalue weighted by molar-refractivity contribution is 6.06. The number of ether oxygens (including phenoxy) is 2. The highest BCUT2D eigenvalue weighted by atomic mass is 16.5. The Morgan fingerprint density at radius 2 is 1.93 bits per heavy atom. The molecule has 8 nitrogen and oxygen atoms in total. The summed E-state index contributed by atoms with van der Waals surface area (Å²) in [6.07, 6.45) is 2.49. The SMILES string of the molecule is CCC(C)NC(=O)c1nc(C(=O)Nc2cc(OC)ccc2OC)n2ccccc12. The number of imidazole rings is 1. The smallest absolute Gasteiger partial charge is 0.292 e. The van der Waals surface area contributed by atoms with Gasteiger partial charge in [0.05, 0.1) is 25.4 Å². The molecule has 0 aliphatic carbocycles. The second-order valence-corrected chi connectivity index (χ2v) is 6.54. The van der Waals surface area contributed by atoms with Gasteiger partial charge in [-0.2, -0.15) is 0 Å². The van der Waals surface area contributed by atoms with E-state index in [-0.39, 0.29) is 23.5 Å². The van der Waals surface area contributed by atoms with E-state index in [0.717, 1.165) is 6.42 Å². The van der Waals surface area contributed by atoms with Crippen molar-refractivity contribution in [3.05, 3.63) is 54.1 Å². The van der Waals surface area contributed by atoms with Crippen LogP contribution in [-0.4, -0.2) is 41.5 Å². The number of fused-ring (bicyclic) bond motifs is 1. The van der Waals surface area contributed by atoms with Crippen LogP contribution in [0.3, 0.4) is 0 Å². The van der Waals surface area contributed by atoms with Crippen LogP contribution >= 0.6 is 0 Å². The third kappa shape index (κ3) is 4.16. The number of nitrogens with one attached hydrogen (secondary N) is 2. The van der Waals surface area contributed by atoms with Gasteiger partial charge in [0.25, 0.3) is 11.8 Å². The van der Waals surface area contributed by atoms with E-state index >= 15 is 0 Å². The summed E-state index contributed by atoms with van der Waals surface area (Å²) in [5.74, 6) is 0.360. The van der Waals surface area contributed by atoms with Crippen LogP contribution in [0.2, 0.25) is 0 Å². The Morgan fingerprint density at radius 3 is 2.62 bits per heavy atom. The first-order valence-corrected chi connectivity index (χ1v) is 9.29. The number of amides is 2. The number of aromatic nitrogens is 2. The van der Waals surface area contributed by atoms with Crippen molar-refractivity contribution in [2.45, 2.75) is 26.3 Å². The summed E-state index contributed by atoms with van der Waals surface area (Å²) in [7, 11) is 3.05. The van der Waals surface area contributed by atoms with Gasteiger partial charge in [-0.15, -0.1) is 0 Å². The highest BCUT2D eigenvalue weighted by Gasteiger charge is 2.23. The molecule has 1 aromatic carbocycles. The average molecular weight is 396 g/mol. The quantitative estimate of drug-likeness (QED) is 0.640. The van der Waals surface area contributed by atoms with Crippen molar-refractivity contribution in [3.63, 3.8) is 0 Å². The molecule has 1 atom stereocenters. The molecule has 1 unspecified atom stereocenters. The summed E-state index contributed by atoms with van der Waals surface area (Å²) in [4.78, 5) is 30.0. The highest BCUT2D eigenvalue weighted by Crippen LogP contribution is 2.29. The minimum absolute atomic E-state index is 0.00119. The van der Waals surface area contributed by atoms with Crippen molar-refractivity contribution < 1.29 is 19.1 Å². The van der Waals surface area contributed by atoms with Crippen LogP contribution in [0.5, 0.6) is 11.5 Å². The average Bonchev–Trinajstić information content (AvgIpc) is 3.13. The number of carbonyl (C=O) groups excluding carboxylic acids is 2.